The molecule has 0 N–H and O–H groups in total. The van der Waals surface area contributed by atoms with E-state index in [1.54, 1.807) is 0 Å². The lowest BCUT2D eigenvalue weighted by atomic mass is 9.80. The Hall–Kier alpha value is -5.12. The van der Waals surface area contributed by atoms with Gasteiger partial charge in [-0.25, -0.2) is 0 Å². The normalized spacial score (nSPS) is 11.9. The van der Waals surface area contributed by atoms with Crippen LogP contribution in [0.3, 0.4) is 0 Å². The lowest BCUT2D eigenvalue weighted by Gasteiger charge is -2.24. The molecule has 1 aliphatic rings. The van der Waals surface area contributed by atoms with E-state index >= 15 is 0 Å². The number of rotatable bonds is 1. The third-order valence-corrected chi connectivity index (χ3v) is 9.57. The van der Waals surface area contributed by atoms with Gasteiger partial charge in [0.05, 0.1) is 11.0 Å². The Morgan fingerprint density at radius 2 is 1.15 bits per heavy atom. The van der Waals surface area contributed by atoms with Crippen LogP contribution >= 0.6 is 11.3 Å². The van der Waals surface area contributed by atoms with Crippen molar-refractivity contribution in [3.05, 3.63) is 134 Å². The molecule has 1 aliphatic carbocycles. The van der Waals surface area contributed by atoms with Crippen molar-refractivity contribution in [1.82, 2.24) is 9.97 Å². The monoisotopic (exact) mass is 538 g/mol. The van der Waals surface area contributed by atoms with Crippen molar-refractivity contribution >= 4 is 42.5 Å². The summed E-state index contributed by atoms with van der Waals surface area (Å²) >= 11 is 1.88. The molecule has 0 saturated carbocycles. The van der Waals surface area contributed by atoms with E-state index in [1.807, 2.05) is 35.9 Å². The van der Waals surface area contributed by atoms with Crippen LogP contribution in [0, 0.1) is 0 Å². The molecule has 190 valence electrons. The maximum Gasteiger partial charge on any atom is 0.0971 e. The van der Waals surface area contributed by atoms with E-state index in [1.165, 1.54) is 64.7 Å². The van der Waals surface area contributed by atoms with Gasteiger partial charge in [-0.3, -0.25) is 9.97 Å². The van der Waals surface area contributed by atoms with Crippen molar-refractivity contribution in [1.29, 1.82) is 0 Å². The van der Waals surface area contributed by atoms with Crippen molar-refractivity contribution in [2.45, 2.75) is 0 Å². The zero-order valence-corrected chi connectivity index (χ0v) is 22.8. The third kappa shape index (κ3) is 3.30. The standard InChI is InChI=1S/C38H22N2S/c1-2-11-27-25(9-1)26-10-3-4-13-30(26)36-33(22-40-34-16-8-20-39-37(34)36)28-19-18-23(21-32(27)28)24-14-7-15-31-29-12-5-6-17-35(29)41-38(24)31/h1-22H. The zero-order valence-electron chi connectivity index (χ0n) is 22.0. The highest BCUT2D eigenvalue weighted by atomic mass is 32.1. The van der Waals surface area contributed by atoms with Gasteiger partial charge in [0.25, 0.3) is 0 Å². The minimum Gasteiger partial charge on any atom is -0.254 e. The van der Waals surface area contributed by atoms with Crippen molar-refractivity contribution in [2.75, 3.05) is 0 Å². The summed E-state index contributed by atoms with van der Waals surface area (Å²) in [7, 11) is 0. The first-order valence-corrected chi connectivity index (χ1v) is 14.6. The molecule has 0 radical (unpaired) electrons. The molecular weight excluding hydrogens is 516 g/mol. The Labute approximate surface area is 241 Å². The van der Waals surface area contributed by atoms with Gasteiger partial charge in [-0.05, 0) is 68.8 Å². The smallest absolute Gasteiger partial charge is 0.0971 e. The SMILES string of the molecule is c1ccc2c(c1)-c1cc(-c3cccc4c3sc3ccccc34)ccc1-c1cnc3cccnc3c1-c1ccccc1-2. The van der Waals surface area contributed by atoms with Crippen LogP contribution in [0.2, 0.25) is 0 Å². The van der Waals surface area contributed by atoms with Gasteiger partial charge >= 0.3 is 0 Å². The van der Waals surface area contributed by atoms with E-state index in [4.69, 9.17) is 9.97 Å². The van der Waals surface area contributed by atoms with Crippen molar-refractivity contribution in [2.24, 2.45) is 0 Å². The number of thiophene rings is 1. The molecule has 0 atom stereocenters. The van der Waals surface area contributed by atoms with E-state index in [9.17, 15) is 0 Å². The summed E-state index contributed by atoms with van der Waals surface area (Å²) in [6.45, 7) is 0. The van der Waals surface area contributed by atoms with E-state index in [-0.39, 0.29) is 0 Å². The lowest BCUT2D eigenvalue weighted by Crippen LogP contribution is -2.00. The number of nitrogens with zero attached hydrogens (tertiary/aromatic N) is 2. The summed E-state index contributed by atoms with van der Waals surface area (Å²) < 4.78 is 2.65. The first-order chi connectivity index (χ1) is 20.3. The summed E-state index contributed by atoms with van der Waals surface area (Å²) in [5, 5.41) is 2.64. The lowest BCUT2D eigenvalue weighted by molar-refractivity contribution is 1.33. The van der Waals surface area contributed by atoms with Crippen LogP contribution in [0.4, 0.5) is 0 Å². The van der Waals surface area contributed by atoms with E-state index < -0.39 is 0 Å². The van der Waals surface area contributed by atoms with Crippen LogP contribution in [0.15, 0.2) is 134 Å². The second kappa shape index (κ2) is 8.69. The van der Waals surface area contributed by atoms with Crippen molar-refractivity contribution in [3.8, 4) is 55.6 Å². The molecule has 0 amide bonds. The molecule has 41 heavy (non-hydrogen) atoms. The fourth-order valence-corrected chi connectivity index (χ4v) is 7.77. The molecule has 9 rings (SSSR count). The van der Waals surface area contributed by atoms with Crippen LogP contribution in [-0.4, -0.2) is 9.97 Å². The molecule has 0 bridgehead atoms. The minimum atomic E-state index is 0.907. The quantitative estimate of drug-likeness (QED) is 0.208. The molecule has 8 aromatic rings. The number of hydrogen-bond acceptors (Lipinski definition) is 3. The Morgan fingerprint density at radius 1 is 0.463 bits per heavy atom. The number of fused-ring (bicyclic) bond motifs is 13. The molecule has 0 saturated heterocycles. The van der Waals surface area contributed by atoms with Gasteiger partial charge in [-0.1, -0.05) is 97.1 Å². The number of benzene rings is 5. The van der Waals surface area contributed by atoms with Gasteiger partial charge < -0.3 is 0 Å². The predicted molar refractivity (Wildman–Crippen MR) is 173 cm³/mol. The highest BCUT2D eigenvalue weighted by molar-refractivity contribution is 7.26. The van der Waals surface area contributed by atoms with Crippen LogP contribution in [0.25, 0.3) is 86.8 Å². The summed E-state index contributed by atoms with van der Waals surface area (Å²) in [5.74, 6) is 0. The average molecular weight is 539 g/mol. The predicted octanol–water partition coefficient (Wildman–Crippen LogP) is 10.6. The highest BCUT2D eigenvalue weighted by Crippen LogP contribution is 2.50. The van der Waals surface area contributed by atoms with Crippen molar-refractivity contribution in [3.63, 3.8) is 0 Å². The molecule has 2 nitrogen and oxygen atoms in total. The van der Waals surface area contributed by atoms with Crippen molar-refractivity contribution < 1.29 is 0 Å². The van der Waals surface area contributed by atoms with Gasteiger partial charge in [-0.2, -0.15) is 0 Å². The Morgan fingerprint density at radius 3 is 2.02 bits per heavy atom. The second-order valence-electron chi connectivity index (χ2n) is 10.6. The third-order valence-electron chi connectivity index (χ3n) is 8.35. The highest BCUT2D eigenvalue weighted by Gasteiger charge is 2.25. The molecule has 0 aliphatic heterocycles. The van der Waals surface area contributed by atoms with Crippen LogP contribution in [-0.2, 0) is 0 Å². The fraction of sp³-hybridized carbons (Fsp3) is 0. The van der Waals surface area contributed by atoms with Gasteiger partial charge in [0.15, 0.2) is 0 Å². The topological polar surface area (TPSA) is 25.8 Å². The molecule has 3 heterocycles. The van der Waals surface area contributed by atoms with Gasteiger partial charge in [0.1, 0.15) is 0 Å². The molecule has 3 heteroatoms. The summed E-state index contributed by atoms with van der Waals surface area (Å²) in [6.07, 6.45) is 3.91. The molecular formula is C38H22N2S. The van der Waals surface area contributed by atoms with Gasteiger partial charge in [0.2, 0.25) is 0 Å². The van der Waals surface area contributed by atoms with E-state index in [0.717, 1.165) is 22.2 Å². The summed E-state index contributed by atoms with van der Waals surface area (Å²) in [6, 6.07) is 43.9. The van der Waals surface area contributed by atoms with E-state index in [2.05, 4.69) is 109 Å². The maximum atomic E-state index is 4.88. The molecule has 0 fully saturated rings. The number of hydrogen-bond donors (Lipinski definition) is 0. The van der Waals surface area contributed by atoms with Crippen LogP contribution in [0.5, 0.6) is 0 Å². The maximum absolute atomic E-state index is 4.88. The van der Waals surface area contributed by atoms with Crippen LogP contribution < -0.4 is 0 Å². The average Bonchev–Trinajstić information content (AvgIpc) is 3.42. The second-order valence-corrected chi connectivity index (χ2v) is 11.6. The van der Waals surface area contributed by atoms with Crippen LogP contribution in [0.1, 0.15) is 0 Å². The first-order valence-electron chi connectivity index (χ1n) is 13.8. The Kier molecular flexibility index (Phi) is 4.80. The van der Waals surface area contributed by atoms with Gasteiger partial charge in [-0.15, -0.1) is 11.3 Å². The zero-order chi connectivity index (χ0) is 26.9. The minimum absolute atomic E-state index is 0.907. The molecule has 0 spiro atoms. The molecule has 0 unspecified atom stereocenters. The van der Waals surface area contributed by atoms with E-state index in [0.29, 0.717) is 0 Å². The first kappa shape index (κ1) is 22.7. The molecule has 5 aromatic carbocycles. The van der Waals surface area contributed by atoms with Gasteiger partial charge in [0, 0.05) is 43.7 Å². The summed E-state index contributed by atoms with van der Waals surface area (Å²) in [5.41, 5.74) is 13.8. The largest absolute Gasteiger partial charge is 0.254 e. The Balaban J connectivity index is 1.39. The number of aromatic nitrogens is 2. The Bertz CT molecular complexity index is 2330. The summed E-state index contributed by atoms with van der Waals surface area (Å²) in [4.78, 5) is 9.73. The molecule has 3 aromatic heterocycles. The number of pyridine rings is 2. The fourth-order valence-electron chi connectivity index (χ4n) is 6.53.